The zero-order valence-corrected chi connectivity index (χ0v) is 4.83. The molecule has 0 amide bonds. The minimum Gasteiger partial charge on any atom is -0.387 e. The molecular formula is C6H9NO. The lowest BCUT2D eigenvalue weighted by atomic mass is 10.2. The van der Waals surface area contributed by atoms with Gasteiger partial charge in [-0.2, -0.15) is 0 Å². The lowest BCUT2D eigenvalue weighted by Gasteiger charge is -2.05. The van der Waals surface area contributed by atoms with Gasteiger partial charge in [-0.15, -0.1) is 0 Å². The van der Waals surface area contributed by atoms with Gasteiger partial charge in [0.25, 0.3) is 0 Å². The molecule has 0 radical (unpaired) electrons. The normalized spacial score (nSPS) is 27.8. The molecule has 0 saturated carbocycles. The molecule has 2 nitrogen and oxygen atoms in total. The smallest absolute Gasteiger partial charge is 0.0926 e. The van der Waals surface area contributed by atoms with Gasteiger partial charge >= 0.3 is 0 Å². The van der Waals surface area contributed by atoms with Crippen molar-refractivity contribution in [3.63, 3.8) is 0 Å². The number of nitrogens with zero attached hydrogens (tertiary/aromatic N) is 1. The van der Waals surface area contributed by atoms with E-state index in [1.807, 2.05) is 13.0 Å². The molecule has 8 heavy (non-hydrogen) atoms. The van der Waals surface area contributed by atoms with Crippen LogP contribution in [0.25, 0.3) is 0 Å². The number of hydrogen-bond donors (Lipinski definition) is 1. The van der Waals surface area contributed by atoms with Crippen LogP contribution in [-0.4, -0.2) is 17.4 Å². The first-order valence-electron chi connectivity index (χ1n) is 2.68. The van der Waals surface area contributed by atoms with E-state index >= 15 is 0 Å². The average molecular weight is 111 g/mol. The lowest BCUT2D eigenvalue weighted by molar-refractivity contribution is 0.248. The molecule has 1 unspecified atom stereocenters. The third-order valence-corrected chi connectivity index (χ3v) is 1.11. The fourth-order valence-corrected chi connectivity index (χ4v) is 0.608. The van der Waals surface area contributed by atoms with Crippen molar-refractivity contribution in [2.24, 2.45) is 4.99 Å². The lowest BCUT2D eigenvalue weighted by Crippen LogP contribution is -2.09. The maximum atomic E-state index is 8.83. The van der Waals surface area contributed by atoms with Crippen molar-refractivity contribution < 1.29 is 5.11 Å². The summed E-state index contributed by atoms with van der Waals surface area (Å²) in [4.78, 5) is 3.90. The van der Waals surface area contributed by atoms with E-state index in [4.69, 9.17) is 5.11 Å². The monoisotopic (exact) mass is 111 g/mol. The highest BCUT2D eigenvalue weighted by molar-refractivity contribution is 5.65. The van der Waals surface area contributed by atoms with Crippen LogP contribution in [0.15, 0.2) is 16.8 Å². The van der Waals surface area contributed by atoms with Gasteiger partial charge in [-0.05, 0) is 13.3 Å². The Bertz CT molecular complexity index is 137. The van der Waals surface area contributed by atoms with E-state index in [9.17, 15) is 0 Å². The predicted octanol–water partition coefficient (Wildman–Crippen LogP) is 0.726. The van der Waals surface area contributed by atoms with Gasteiger partial charge in [0.15, 0.2) is 0 Å². The molecule has 1 aliphatic rings. The first-order chi connectivity index (χ1) is 3.79. The van der Waals surface area contributed by atoms with E-state index in [1.54, 1.807) is 6.21 Å². The molecule has 0 saturated heterocycles. The van der Waals surface area contributed by atoms with Crippen LogP contribution in [0.2, 0.25) is 0 Å². The molecule has 44 valence electrons. The van der Waals surface area contributed by atoms with Crippen LogP contribution in [0.1, 0.15) is 13.3 Å². The number of rotatable bonds is 0. The standard InChI is InChI=1S/C6H9NO/c1-5-2-3-6(8)4-7-5/h2,4,6,8H,3H2,1H3. The molecule has 0 fully saturated rings. The van der Waals surface area contributed by atoms with Gasteiger partial charge in [0.05, 0.1) is 6.10 Å². The van der Waals surface area contributed by atoms with E-state index in [0.717, 1.165) is 12.1 Å². The van der Waals surface area contributed by atoms with Gasteiger partial charge in [-0.25, -0.2) is 0 Å². The molecule has 1 rings (SSSR count). The van der Waals surface area contributed by atoms with Crippen LogP contribution >= 0.6 is 0 Å². The Morgan fingerprint density at radius 3 is 3.00 bits per heavy atom. The molecule has 1 N–H and O–H groups in total. The van der Waals surface area contributed by atoms with Crippen LogP contribution in [0, 0.1) is 0 Å². The third kappa shape index (κ3) is 1.17. The summed E-state index contributed by atoms with van der Waals surface area (Å²) in [7, 11) is 0. The Balaban J connectivity index is 2.58. The van der Waals surface area contributed by atoms with E-state index in [0.29, 0.717) is 0 Å². The fraction of sp³-hybridized carbons (Fsp3) is 0.500. The summed E-state index contributed by atoms with van der Waals surface area (Å²) < 4.78 is 0. The Morgan fingerprint density at radius 2 is 2.62 bits per heavy atom. The second-order valence-corrected chi connectivity index (χ2v) is 1.93. The first kappa shape index (κ1) is 5.51. The van der Waals surface area contributed by atoms with Crippen LogP contribution < -0.4 is 0 Å². The zero-order valence-electron chi connectivity index (χ0n) is 4.83. The molecular weight excluding hydrogens is 102 g/mol. The summed E-state index contributed by atoms with van der Waals surface area (Å²) in [5.41, 5.74) is 0.996. The molecule has 1 heterocycles. The number of aliphatic hydroxyl groups is 1. The maximum absolute atomic E-state index is 8.83. The van der Waals surface area contributed by atoms with E-state index in [-0.39, 0.29) is 6.10 Å². The summed E-state index contributed by atoms with van der Waals surface area (Å²) >= 11 is 0. The van der Waals surface area contributed by atoms with E-state index in [1.165, 1.54) is 0 Å². The number of hydrogen-bond acceptors (Lipinski definition) is 2. The summed E-state index contributed by atoms with van der Waals surface area (Å²) in [6.07, 6.45) is 3.86. The Kier molecular flexibility index (Phi) is 1.44. The molecule has 0 aromatic rings. The van der Waals surface area contributed by atoms with Crippen molar-refractivity contribution in [3.8, 4) is 0 Å². The number of allylic oxidation sites excluding steroid dienone is 1. The highest BCUT2D eigenvalue weighted by atomic mass is 16.3. The summed E-state index contributed by atoms with van der Waals surface area (Å²) in [5.74, 6) is 0. The first-order valence-corrected chi connectivity index (χ1v) is 2.68. The second-order valence-electron chi connectivity index (χ2n) is 1.93. The summed E-state index contributed by atoms with van der Waals surface area (Å²) in [6.45, 7) is 1.92. The molecule has 1 aliphatic heterocycles. The molecule has 1 atom stereocenters. The minimum atomic E-state index is -0.348. The van der Waals surface area contributed by atoms with E-state index < -0.39 is 0 Å². The highest BCUT2D eigenvalue weighted by Gasteiger charge is 2.00. The van der Waals surface area contributed by atoms with Crippen molar-refractivity contribution in [2.75, 3.05) is 0 Å². The minimum absolute atomic E-state index is 0.348. The van der Waals surface area contributed by atoms with Crippen LogP contribution in [0.3, 0.4) is 0 Å². The second kappa shape index (κ2) is 2.09. The third-order valence-electron chi connectivity index (χ3n) is 1.11. The maximum Gasteiger partial charge on any atom is 0.0926 e. The van der Waals surface area contributed by atoms with Crippen molar-refractivity contribution in [3.05, 3.63) is 11.8 Å². The molecule has 0 aromatic heterocycles. The van der Waals surface area contributed by atoms with Crippen LogP contribution in [-0.2, 0) is 0 Å². The van der Waals surface area contributed by atoms with Gasteiger partial charge in [0, 0.05) is 11.9 Å². The predicted molar refractivity (Wildman–Crippen MR) is 32.9 cm³/mol. The fourth-order valence-electron chi connectivity index (χ4n) is 0.608. The molecule has 0 aromatic carbocycles. The van der Waals surface area contributed by atoms with Crippen LogP contribution in [0.5, 0.6) is 0 Å². The quantitative estimate of drug-likeness (QED) is 0.491. The summed E-state index contributed by atoms with van der Waals surface area (Å²) in [5, 5.41) is 8.83. The number of aliphatic imine (C=N–C) groups is 1. The van der Waals surface area contributed by atoms with E-state index in [2.05, 4.69) is 4.99 Å². The van der Waals surface area contributed by atoms with Crippen molar-refractivity contribution in [1.29, 1.82) is 0 Å². The molecule has 0 bridgehead atoms. The van der Waals surface area contributed by atoms with Crippen molar-refractivity contribution in [1.82, 2.24) is 0 Å². The summed E-state index contributed by atoms with van der Waals surface area (Å²) in [6, 6.07) is 0. The van der Waals surface area contributed by atoms with Gasteiger partial charge in [0.1, 0.15) is 0 Å². The van der Waals surface area contributed by atoms with Crippen LogP contribution in [0.4, 0.5) is 0 Å². The Labute approximate surface area is 48.6 Å². The van der Waals surface area contributed by atoms with Gasteiger partial charge in [-0.1, -0.05) is 6.08 Å². The van der Waals surface area contributed by atoms with Gasteiger partial charge < -0.3 is 5.11 Å². The average Bonchev–Trinajstić information content (AvgIpc) is 1.77. The zero-order chi connectivity index (χ0) is 5.98. The number of aliphatic hydroxyl groups excluding tert-OH is 1. The Hall–Kier alpha value is -0.630. The van der Waals surface area contributed by atoms with Gasteiger partial charge in [-0.3, -0.25) is 4.99 Å². The van der Waals surface area contributed by atoms with Gasteiger partial charge in [0.2, 0.25) is 0 Å². The van der Waals surface area contributed by atoms with Crippen molar-refractivity contribution in [2.45, 2.75) is 19.4 Å². The Morgan fingerprint density at radius 1 is 1.88 bits per heavy atom. The molecule has 0 spiro atoms. The highest BCUT2D eigenvalue weighted by Crippen LogP contribution is 2.04. The molecule has 0 aliphatic carbocycles. The topological polar surface area (TPSA) is 32.6 Å². The largest absolute Gasteiger partial charge is 0.387 e. The SMILES string of the molecule is CC1=CCC(O)C=N1. The van der Waals surface area contributed by atoms with Crippen molar-refractivity contribution >= 4 is 6.21 Å². The molecule has 2 heteroatoms.